The molecule has 3 N–H and O–H groups in total. The SMILES string of the molecule is Cc1ccc(NS(=O)(=O)c2ccc(Cl)c(N)c2Cl)c(C)n1. The molecule has 0 amide bonds. The third kappa shape index (κ3) is 3.23. The number of nitrogens with zero attached hydrogens (tertiary/aromatic N) is 1. The molecule has 0 saturated heterocycles. The van der Waals surface area contributed by atoms with Crippen LogP contribution in [-0.2, 0) is 10.0 Å². The summed E-state index contributed by atoms with van der Waals surface area (Å²) >= 11 is 11.8. The van der Waals surface area contributed by atoms with Gasteiger partial charge in [-0.05, 0) is 38.1 Å². The van der Waals surface area contributed by atoms with Crippen molar-refractivity contribution < 1.29 is 8.42 Å². The van der Waals surface area contributed by atoms with E-state index in [2.05, 4.69) is 9.71 Å². The molecule has 21 heavy (non-hydrogen) atoms. The fraction of sp³-hybridized carbons (Fsp3) is 0.154. The number of aromatic nitrogens is 1. The van der Waals surface area contributed by atoms with Gasteiger partial charge in [0.05, 0.1) is 27.1 Å². The number of hydrogen-bond donors (Lipinski definition) is 2. The minimum Gasteiger partial charge on any atom is -0.396 e. The van der Waals surface area contributed by atoms with Gasteiger partial charge in [0, 0.05) is 5.69 Å². The molecule has 2 aromatic rings. The average molecular weight is 346 g/mol. The molecule has 5 nitrogen and oxygen atoms in total. The zero-order chi connectivity index (χ0) is 15.8. The molecule has 1 heterocycles. The van der Waals surface area contributed by atoms with Gasteiger partial charge in [-0.2, -0.15) is 0 Å². The highest BCUT2D eigenvalue weighted by molar-refractivity contribution is 7.92. The number of anilines is 2. The third-order valence-corrected chi connectivity index (χ3v) is 5.11. The first kappa shape index (κ1) is 15.9. The van der Waals surface area contributed by atoms with Gasteiger partial charge in [0.2, 0.25) is 0 Å². The fourth-order valence-electron chi connectivity index (χ4n) is 1.75. The van der Waals surface area contributed by atoms with Crippen molar-refractivity contribution in [1.29, 1.82) is 0 Å². The van der Waals surface area contributed by atoms with Crippen molar-refractivity contribution in [3.63, 3.8) is 0 Å². The number of nitrogens with two attached hydrogens (primary N) is 1. The van der Waals surface area contributed by atoms with Gasteiger partial charge in [-0.1, -0.05) is 23.2 Å². The number of aryl methyl sites for hydroxylation is 2. The number of pyridine rings is 1. The summed E-state index contributed by atoms with van der Waals surface area (Å²) in [6.45, 7) is 3.53. The monoisotopic (exact) mass is 345 g/mol. The van der Waals surface area contributed by atoms with Crippen molar-refractivity contribution >= 4 is 44.6 Å². The highest BCUT2D eigenvalue weighted by Gasteiger charge is 2.21. The molecule has 0 fully saturated rings. The Morgan fingerprint density at radius 3 is 2.43 bits per heavy atom. The standard InChI is InChI=1S/C13H13Cl2N3O2S/c1-7-3-5-10(8(2)17-7)18-21(19,20)11-6-4-9(14)13(16)12(11)15/h3-6,18H,16H2,1-2H3. The van der Waals surface area contributed by atoms with E-state index in [1.54, 1.807) is 19.1 Å². The number of rotatable bonds is 3. The normalized spacial score (nSPS) is 11.4. The van der Waals surface area contributed by atoms with Crippen molar-refractivity contribution in [3.05, 3.63) is 45.7 Å². The second-order valence-electron chi connectivity index (χ2n) is 4.46. The van der Waals surface area contributed by atoms with E-state index in [-0.39, 0.29) is 20.6 Å². The molecule has 2 rings (SSSR count). The van der Waals surface area contributed by atoms with Crippen molar-refractivity contribution in [2.75, 3.05) is 10.5 Å². The van der Waals surface area contributed by atoms with Gasteiger partial charge in [-0.25, -0.2) is 8.42 Å². The molecule has 112 valence electrons. The van der Waals surface area contributed by atoms with Crippen molar-refractivity contribution in [2.45, 2.75) is 18.7 Å². The van der Waals surface area contributed by atoms with Gasteiger partial charge in [0.1, 0.15) is 4.90 Å². The molecule has 0 radical (unpaired) electrons. The lowest BCUT2D eigenvalue weighted by molar-refractivity contribution is 0.601. The lowest BCUT2D eigenvalue weighted by Crippen LogP contribution is -2.15. The van der Waals surface area contributed by atoms with E-state index in [1.165, 1.54) is 12.1 Å². The molecule has 0 spiro atoms. The van der Waals surface area contributed by atoms with Crippen molar-refractivity contribution in [1.82, 2.24) is 4.98 Å². The average Bonchev–Trinajstić information content (AvgIpc) is 2.39. The van der Waals surface area contributed by atoms with Crippen LogP contribution in [0.5, 0.6) is 0 Å². The molecule has 1 aromatic heterocycles. The molecule has 0 atom stereocenters. The fourth-order valence-corrected chi connectivity index (χ4v) is 3.63. The number of sulfonamides is 1. The maximum absolute atomic E-state index is 12.4. The van der Waals surface area contributed by atoms with Crippen LogP contribution >= 0.6 is 23.2 Å². The smallest absolute Gasteiger partial charge is 0.263 e. The maximum atomic E-state index is 12.4. The van der Waals surface area contributed by atoms with Crippen LogP contribution < -0.4 is 10.5 Å². The Kier molecular flexibility index (Phi) is 4.32. The number of halogens is 2. The van der Waals surface area contributed by atoms with E-state index in [0.29, 0.717) is 11.4 Å². The molecule has 0 aliphatic heterocycles. The van der Waals surface area contributed by atoms with Gasteiger partial charge >= 0.3 is 0 Å². The Balaban J connectivity index is 2.46. The topological polar surface area (TPSA) is 85.1 Å². The van der Waals surface area contributed by atoms with Crippen molar-refractivity contribution in [2.24, 2.45) is 0 Å². The Hall–Kier alpha value is -1.50. The van der Waals surface area contributed by atoms with Gasteiger partial charge in [0.15, 0.2) is 0 Å². The van der Waals surface area contributed by atoms with Crippen LogP contribution in [0.2, 0.25) is 10.0 Å². The van der Waals surface area contributed by atoms with Crippen LogP contribution in [0.4, 0.5) is 11.4 Å². The largest absolute Gasteiger partial charge is 0.396 e. The van der Waals surface area contributed by atoms with Gasteiger partial charge in [-0.3, -0.25) is 9.71 Å². The Labute approximate surface area is 133 Å². The second kappa shape index (κ2) is 5.71. The van der Waals surface area contributed by atoms with Crippen LogP contribution in [0.25, 0.3) is 0 Å². The van der Waals surface area contributed by atoms with Crippen LogP contribution in [0, 0.1) is 13.8 Å². The number of nitrogen functional groups attached to an aromatic ring is 1. The maximum Gasteiger partial charge on any atom is 0.263 e. The predicted octanol–water partition coefficient (Wildman–Crippen LogP) is 3.39. The molecule has 8 heteroatoms. The number of benzene rings is 1. The van der Waals surface area contributed by atoms with Crippen LogP contribution in [0.3, 0.4) is 0 Å². The van der Waals surface area contributed by atoms with Gasteiger partial charge < -0.3 is 5.73 Å². The van der Waals surface area contributed by atoms with Crippen molar-refractivity contribution in [3.8, 4) is 0 Å². The van der Waals surface area contributed by atoms with E-state index in [1.807, 2.05) is 6.92 Å². The van der Waals surface area contributed by atoms with E-state index < -0.39 is 10.0 Å². The molecule has 1 aromatic carbocycles. The highest BCUT2D eigenvalue weighted by atomic mass is 35.5. The summed E-state index contributed by atoms with van der Waals surface area (Å²) in [5.74, 6) is 0. The van der Waals surface area contributed by atoms with Crippen LogP contribution in [0.1, 0.15) is 11.4 Å². The quantitative estimate of drug-likeness (QED) is 0.835. The lowest BCUT2D eigenvalue weighted by atomic mass is 10.3. The summed E-state index contributed by atoms with van der Waals surface area (Å²) in [5.41, 5.74) is 7.42. The summed E-state index contributed by atoms with van der Waals surface area (Å²) in [7, 11) is -3.88. The number of hydrogen-bond acceptors (Lipinski definition) is 4. The summed E-state index contributed by atoms with van der Waals surface area (Å²) in [6, 6.07) is 6.04. The molecule has 0 bridgehead atoms. The summed E-state index contributed by atoms with van der Waals surface area (Å²) in [5, 5.41) is 0.0971. The third-order valence-electron chi connectivity index (χ3n) is 2.85. The lowest BCUT2D eigenvalue weighted by Gasteiger charge is -2.13. The summed E-state index contributed by atoms with van der Waals surface area (Å²) in [6.07, 6.45) is 0. The van der Waals surface area contributed by atoms with E-state index in [4.69, 9.17) is 28.9 Å². The minimum atomic E-state index is -3.88. The second-order valence-corrected chi connectivity index (χ2v) is 6.90. The molecular weight excluding hydrogens is 333 g/mol. The van der Waals surface area contributed by atoms with E-state index in [9.17, 15) is 8.42 Å². The highest BCUT2D eigenvalue weighted by Crippen LogP contribution is 2.34. The van der Waals surface area contributed by atoms with E-state index >= 15 is 0 Å². The van der Waals surface area contributed by atoms with Crippen LogP contribution in [-0.4, -0.2) is 13.4 Å². The molecule has 0 saturated carbocycles. The Morgan fingerprint density at radius 1 is 1.14 bits per heavy atom. The zero-order valence-corrected chi connectivity index (χ0v) is 13.6. The first-order valence-electron chi connectivity index (χ1n) is 5.93. The van der Waals surface area contributed by atoms with Gasteiger partial charge in [0.25, 0.3) is 10.0 Å². The van der Waals surface area contributed by atoms with Gasteiger partial charge in [-0.15, -0.1) is 0 Å². The number of nitrogens with one attached hydrogen (secondary N) is 1. The Morgan fingerprint density at radius 2 is 1.81 bits per heavy atom. The predicted molar refractivity (Wildman–Crippen MR) is 85.4 cm³/mol. The van der Waals surface area contributed by atoms with E-state index in [0.717, 1.165) is 5.69 Å². The minimum absolute atomic E-state index is 0.0277. The zero-order valence-electron chi connectivity index (χ0n) is 11.3. The molecule has 0 aliphatic carbocycles. The molecule has 0 unspecified atom stereocenters. The Bertz CT molecular complexity index is 807. The van der Waals surface area contributed by atoms with Crippen LogP contribution in [0.15, 0.2) is 29.2 Å². The molecule has 0 aliphatic rings. The summed E-state index contributed by atoms with van der Waals surface area (Å²) in [4.78, 5) is 4.07. The summed E-state index contributed by atoms with van der Waals surface area (Å²) < 4.78 is 27.2. The first-order chi connectivity index (χ1) is 9.72. The molecular formula is C13H13Cl2N3O2S. The first-order valence-corrected chi connectivity index (χ1v) is 8.17.